The van der Waals surface area contributed by atoms with Gasteiger partial charge in [-0.2, -0.15) is 0 Å². The summed E-state index contributed by atoms with van der Waals surface area (Å²) in [5.41, 5.74) is 9.68. The Hall–Kier alpha value is -5.81. The summed E-state index contributed by atoms with van der Waals surface area (Å²) in [6.45, 7) is 8.21. The number of rotatable bonds is 6. The topological polar surface area (TPSA) is 61.1 Å². The van der Waals surface area contributed by atoms with Crippen LogP contribution in [0.25, 0.3) is 22.5 Å². The van der Waals surface area contributed by atoms with Gasteiger partial charge in [0.25, 0.3) is 11.1 Å². The number of nitrogens with zero attached hydrogens (tertiary/aromatic N) is 2. The Bertz CT molecular complexity index is 2480. The first-order valence-corrected chi connectivity index (χ1v) is 17.7. The zero-order valence-electron chi connectivity index (χ0n) is 29.3. The monoisotopic (exact) mass is 668 g/mol. The third kappa shape index (κ3) is 5.63. The molecule has 0 spiro atoms. The fourth-order valence-electron chi connectivity index (χ4n) is 8.19. The summed E-state index contributed by atoms with van der Waals surface area (Å²) >= 11 is 0. The number of aryl methyl sites for hydroxylation is 4. The molecule has 0 bridgehead atoms. The van der Waals surface area contributed by atoms with Crippen molar-refractivity contribution in [1.82, 2.24) is 9.36 Å². The molecule has 0 unspecified atom stereocenters. The molecule has 0 amide bonds. The van der Waals surface area contributed by atoms with E-state index in [0.29, 0.717) is 17.2 Å². The van der Waals surface area contributed by atoms with Crippen LogP contribution in [-0.2, 0) is 4.79 Å². The number of hydrogen-bond donors (Lipinski definition) is 0. The van der Waals surface area contributed by atoms with Crippen molar-refractivity contribution in [2.24, 2.45) is 5.92 Å². The van der Waals surface area contributed by atoms with E-state index in [-0.39, 0.29) is 22.8 Å². The highest BCUT2D eigenvalue weighted by molar-refractivity contribution is 5.98. The van der Waals surface area contributed by atoms with Gasteiger partial charge in [-0.15, -0.1) is 0 Å². The number of carbonyl (C=O) groups excluding carboxylic acids is 1. The molecule has 2 aliphatic rings. The fourth-order valence-corrected chi connectivity index (χ4v) is 8.19. The van der Waals surface area contributed by atoms with Crippen LogP contribution in [0, 0.1) is 33.6 Å². The fraction of sp³-hybridized carbons (Fsp3) is 0.196. The van der Waals surface area contributed by atoms with E-state index < -0.39 is 17.9 Å². The Morgan fingerprint density at radius 2 is 1.10 bits per heavy atom. The quantitative estimate of drug-likeness (QED) is 0.166. The molecule has 1 aliphatic carbocycles. The van der Waals surface area contributed by atoms with Gasteiger partial charge in [-0.3, -0.25) is 14.4 Å². The Balaban J connectivity index is 1.43. The lowest BCUT2D eigenvalue weighted by atomic mass is 9.62. The van der Waals surface area contributed by atoms with Crippen LogP contribution in [-0.4, -0.2) is 15.1 Å². The standard InChI is InChI=1S/C46H40N2O3/c1-28-9-17-32(18-10-28)19-26-40(49)42-38(33-20-11-29(2)12-21-33)27-39-43(41(42)34-22-13-30(3)14-23-34)44(35-24-15-31(4)16-25-35)48-46(51)37-8-6-5-7-36(37)45(50)47(39)48/h5-26,38,41-42,44H,27H2,1-4H3/b26-19+/t38-,41+,42+,44-/m1/s1. The Kier molecular flexibility index (Phi) is 8.14. The van der Waals surface area contributed by atoms with Crippen LogP contribution in [0.15, 0.2) is 143 Å². The SMILES string of the molecule is Cc1ccc(/C=C/C(=O)[C@@H]2[C@@H](c3ccc(C)cc3)CC3=C([C@H]2c2ccc(C)cc2)[C@@H](c2ccc(C)cc2)n2c(=O)c4ccccc4c(=O)n23)cc1. The highest BCUT2D eigenvalue weighted by atomic mass is 16.2. The predicted molar refractivity (Wildman–Crippen MR) is 206 cm³/mol. The molecule has 6 aromatic rings. The molecule has 5 aromatic carbocycles. The molecule has 4 atom stereocenters. The van der Waals surface area contributed by atoms with E-state index in [9.17, 15) is 14.4 Å². The Labute approximate surface area is 297 Å². The highest BCUT2D eigenvalue weighted by Gasteiger charge is 2.50. The molecule has 2 heterocycles. The van der Waals surface area contributed by atoms with Gasteiger partial charge >= 0.3 is 0 Å². The number of fused-ring (bicyclic) bond motifs is 3. The first-order chi connectivity index (χ1) is 24.7. The number of carbonyl (C=O) groups is 1. The van der Waals surface area contributed by atoms with Crippen LogP contribution in [0.3, 0.4) is 0 Å². The van der Waals surface area contributed by atoms with E-state index in [4.69, 9.17) is 0 Å². The van der Waals surface area contributed by atoms with Crippen molar-refractivity contribution in [3.8, 4) is 0 Å². The Morgan fingerprint density at radius 1 is 0.608 bits per heavy atom. The average molecular weight is 669 g/mol. The second-order valence-corrected chi connectivity index (χ2v) is 14.3. The van der Waals surface area contributed by atoms with Crippen LogP contribution >= 0.6 is 0 Å². The van der Waals surface area contributed by atoms with E-state index in [0.717, 1.165) is 55.8 Å². The first-order valence-electron chi connectivity index (χ1n) is 17.7. The lowest BCUT2D eigenvalue weighted by molar-refractivity contribution is -0.119. The predicted octanol–water partition coefficient (Wildman–Crippen LogP) is 9.08. The van der Waals surface area contributed by atoms with Gasteiger partial charge in [0.05, 0.1) is 10.8 Å². The first kappa shape index (κ1) is 32.4. The maximum Gasteiger partial charge on any atom is 0.277 e. The summed E-state index contributed by atoms with van der Waals surface area (Å²) < 4.78 is 3.32. The molecule has 51 heavy (non-hydrogen) atoms. The maximum absolute atomic E-state index is 15.0. The molecule has 5 heteroatoms. The van der Waals surface area contributed by atoms with Crippen LogP contribution in [0.5, 0.6) is 0 Å². The molecule has 1 aromatic heterocycles. The lowest BCUT2D eigenvalue weighted by Crippen LogP contribution is -2.37. The van der Waals surface area contributed by atoms with Crippen molar-refractivity contribution in [2.75, 3.05) is 0 Å². The second-order valence-electron chi connectivity index (χ2n) is 14.3. The molecule has 0 radical (unpaired) electrons. The lowest BCUT2D eigenvalue weighted by Gasteiger charge is -2.40. The second kappa shape index (κ2) is 12.8. The number of hydrogen-bond acceptors (Lipinski definition) is 3. The molecular formula is C46H40N2O3. The van der Waals surface area contributed by atoms with Crippen LogP contribution in [0.2, 0.25) is 0 Å². The van der Waals surface area contributed by atoms with Crippen molar-refractivity contribution in [3.63, 3.8) is 0 Å². The minimum absolute atomic E-state index is 0.0155. The average Bonchev–Trinajstić information content (AvgIpc) is 3.49. The van der Waals surface area contributed by atoms with Crippen LogP contribution < -0.4 is 11.1 Å². The molecular weight excluding hydrogens is 629 g/mol. The molecule has 0 saturated heterocycles. The maximum atomic E-state index is 15.0. The zero-order valence-corrected chi connectivity index (χ0v) is 29.3. The van der Waals surface area contributed by atoms with E-state index in [2.05, 4.69) is 74.5 Å². The number of allylic oxidation sites excluding steroid dienone is 3. The van der Waals surface area contributed by atoms with Gasteiger partial charge in [0.15, 0.2) is 5.78 Å². The van der Waals surface area contributed by atoms with E-state index in [1.165, 1.54) is 0 Å². The normalized spacial score (nSPS) is 19.8. The van der Waals surface area contributed by atoms with Gasteiger partial charge in [0.1, 0.15) is 6.04 Å². The van der Waals surface area contributed by atoms with E-state index >= 15 is 0 Å². The van der Waals surface area contributed by atoms with Crippen molar-refractivity contribution >= 4 is 28.3 Å². The van der Waals surface area contributed by atoms with Crippen molar-refractivity contribution in [3.05, 3.63) is 198 Å². The van der Waals surface area contributed by atoms with Gasteiger partial charge in [-0.05, 0) is 80.2 Å². The zero-order chi connectivity index (χ0) is 35.4. The third-order valence-electron chi connectivity index (χ3n) is 10.9. The van der Waals surface area contributed by atoms with Gasteiger partial charge < -0.3 is 0 Å². The van der Waals surface area contributed by atoms with Crippen LogP contribution in [0.1, 0.15) is 68.8 Å². The number of aromatic nitrogens is 2. The molecule has 8 rings (SSSR count). The molecule has 0 N–H and O–H groups in total. The van der Waals surface area contributed by atoms with Crippen LogP contribution in [0.4, 0.5) is 0 Å². The molecule has 5 nitrogen and oxygen atoms in total. The van der Waals surface area contributed by atoms with Crippen molar-refractivity contribution in [1.29, 1.82) is 0 Å². The van der Waals surface area contributed by atoms with E-state index in [1.807, 2.05) is 68.5 Å². The largest absolute Gasteiger partial charge is 0.294 e. The van der Waals surface area contributed by atoms with Gasteiger partial charge in [-0.25, -0.2) is 9.36 Å². The molecule has 0 fully saturated rings. The minimum Gasteiger partial charge on any atom is -0.294 e. The smallest absolute Gasteiger partial charge is 0.277 e. The van der Waals surface area contributed by atoms with Crippen molar-refractivity contribution in [2.45, 2.75) is 52.0 Å². The molecule has 1 aliphatic heterocycles. The summed E-state index contributed by atoms with van der Waals surface area (Å²) in [5, 5.41) is 0.791. The number of benzene rings is 5. The van der Waals surface area contributed by atoms with E-state index in [1.54, 1.807) is 27.6 Å². The summed E-state index contributed by atoms with van der Waals surface area (Å²) in [6.07, 6.45) is 4.07. The molecule has 252 valence electrons. The summed E-state index contributed by atoms with van der Waals surface area (Å²) in [4.78, 5) is 44.2. The summed E-state index contributed by atoms with van der Waals surface area (Å²) in [5.74, 6) is -1.17. The van der Waals surface area contributed by atoms with Crippen molar-refractivity contribution < 1.29 is 4.79 Å². The summed E-state index contributed by atoms with van der Waals surface area (Å²) in [6, 6.07) is 39.7. The summed E-state index contributed by atoms with van der Waals surface area (Å²) in [7, 11) is 0. The van der Waals surface area contributed by atoms with Gasteiger partial charge in [0.2, 0.25) is 0 Å². The minimum atomic E-state index is -0.577. The Morgan fingerprint density at radius 3 is 1.67 bits per heavy atom. The third-order valence-corrected chi connectivity index (χ3v) is 10.9. The highest BCUT2D eigenvalue weighted by Crippen LogP contribution is 2.56. The number of ketones is 1. The molecule has 0 saturated carbocycles. The van der Waals surface area contributed by atoms with Gasteiger partial charge in [0, 0.05) is 23.5 Å². The van der Waals surface area contributed by atoms with Gasteiger partial charge in [-0.1, -0.05) is 138 Å².